The number of esters is 1. The molecule has 0 aliphatic carbocycles. The summed E-state index contributed by atoms with van der Waals surface area (Å²) in [5.41, 5.74) is 1.36. The molecule has 164 valence electrons. The lowest BCUT2D eigenvalue weighted by Crippen LogP contribution is -2.35. The number of ether oxygens (including phenoxy) is 1. The largest absolute Gasteiger partial charge is 0.439 e. The monoisotopic (exact) mass is 504 g/mol. The van der Waals surface area contributed by atoms with Crippen LogP contribution in [-0.2, 0) is 9.53 Å². The molecule has 0 spiro atoms. The molecular weight excluding hydrogens is 488 g/mol. The number of rotatable bonds is 6. The molecule has 3 aromatic carbocycles. The third kappa shape index (κ3) is 4.91. The minimum absolute atomic E-state index is 0.134. The molecule has 0 atom stereocenters. The maximum absolute atomic E-state index is 12.8. The molecule has 0 radical (unpaired) electrons. The summed E-state index contributed by atoms with van der Waals surface area (Å²) in [5, 5.41) is 2.56. The number of halogens is 1. The Hall–Kier alpha value is -4.04. The van der Waals surface area contributed by atoms with E-state index in [1.807, 2.05) is 6.07 Å². The molecular formula is C25H17BrN2O5. The van der Waals surface area contributed by atoms with Gasteiger partial charge in [0.2, 0.25) is 0 Å². The second kappa shape index (κ2) is 9.62. The number of nitrogens with zero attached hydrogens (tertiary/aromatic N) is 1. The molecule has 1 aliphatic rings. The molecule has 0 saturated heterocycles. The van der Waals surface area contributed by atoms with Crippen molar-refractivity contribution in [2.45, 2.75) is 0 Å². The number of amides is 3. The molecule has 1 N–H and O–H groups in total. The second-order valence-electron chi connectivity index (χ2n) is 7.07. The Morgan fingerprint density at radius 2 is 1.42 bits per heavy atom. The smallest absolute Gasteiger partial charge is 0.356 e. The fourth-order valence-electron chi connectivity index (χ4n) is 3.22. The van der Waals surface area contributed by atoms with Gasteiger partial charge in [-0.1, -0.05) is 58.4 Å². The number of hydrogen-bond acceptors (Lipinski definition) is 5. The minimum Gasteiger partial charge on any atom is -0.439 e. The standard InChI is InChI=1S/C25H17BrN2O5/c26-18-12-10-17(11-13-18)22(29)27-21(14-16-6-2-1-3-7-16)25(32)33-15-28-23(30)19-8-4-5-9-20(19)24(28)31/h1-14H,15H2,(H,27,29)/b21-14-. The van der Waals surface area contributed by atoms with Crippen molar-refractivity contribution < 1.29 is 23.9 Å². The lowest BCUT2D eigenvalue weighted by Gasteiger charge is -2.15. The fourth-order valence-corrected chi connectivity index (χ4v) is 3.48. The number of nitrogens with one attached hydrogen (secondary N) is 1. The van der Waals surface area contributed by atoms with Crippen LogP contribution in [-0.4, -0.2) is 35.3 Å². The van der Waals surface area contributed by atoms with Gasteiger partial charge < -0.3 is 10.1 Å². The first kappa shape index (κ1) is 22.2. The number of carbonyl (C=O) groups is 4. The van der Waals surface area contributed by atoms with Gasteiger partial charge in [-0.2, -0.15) is 0 Å². The Kier molecular flexibility index (Phi) is 6.46. The van der Waals surface area contributed by atoms with Crippen LogP contribution in [0.15, 0.2) is 89.0 Å². The average molecular weight is 505 g/mol. The maximum atomic E-state index is 12.8. The molecule has 0 saturated carbocycles. The summed E-state index contributed by atoms with van der Waals surface area (Å²) >= 11 is 3.31. The van der Waals surface area contributed by atoms with Crippen LogP contribution in [0.3, 0.4) is 0 Å². The Balaban J connectivity index is 1.52. The van der Waals surface area contributed by atoms with E-state index in [9.17, 15) is 19.2 Å². The quantitative estimate of drug-likeness (QED) is 0.311. The van der Waals surface area contributed by atoms with E-state index >= 15 is 0 Å². The average Bonchev–Trinajstić information content (AvgIpc) is 3.08. The van der Waals surface area contributed by atoms with Gasteiger partial charge >= 0.3 is 5.97 Å². The van der Waals surface area contributed by atoms with E-state index in [4.69, 9.17) is 4.74 Å². The highest BCUT2D eigenvalue weighted by molar-refractivity contribution is 9.10. The topological polar surface area (TPSA) is 92.8 Å². The van der Waals surface area contributed by atoms with Gasteiger partial charge in [-0.05, 0) is 48.0 Å². The van der Waals surface area contributed by atoms with Crippen LogP contribution in [0.4, 0.5) is 0 Å². The molecule has 0 fully saturated rings. The summed E-state index contributed by atoms with van der Waals surface area (Å²) in [6, 6.07) is 21.9. The molecule has 4 rings (SSSR count). The van der Waals surface area contributed by atoms with Gasteiger partial charge in [-0.3, -0.25) is 14.4 Å². The summed E-state index contributed by atoms with van der Waals surface area (Å²) in [4.78, 5) is 51.4. The molecule has 0 bridgehead atoms. The lowest BCUT2D eigenvalue weighted by molar-refractivity contribution is -0.141. The van der Waals surface area contributed by atoms with Crippen LogP contribution < -0.4 is 5.32 Å². The molecule has 1 aliphatic heterocycles. The zero-order chi connectivity index (χ0) is 23.4. The SMILES string of the molecule is O=C(OCN1C(=O)c2ccccc2C1=O)/C(=C/c1ccccc1)NC(=O)c1ccc(Br)cc1. The van der Waals surface area contributed by atoms with E-state index in [2.05, 4.69) is 21.2 Å². The van der Waals surface area contributed by atoms with Crippen molar-refractivity contribution in [1.82, 2.24) is 10.2 Å². The van der Waals surface area contributed by atoms with Gasteiger partial charge in [0.25, 0.3) is 17.7 Å². The predicted molar refractivity (Wildman–Crippen MR) is 124 cm³/mol. The Morgan fingerprint density at radius 3 is 2.03 bits per heavy atom. The molecule has 33 heavy (non-hydrogen) atoms. The summed E-state index contributed by atoms with van der Waals surface area (Å²) in [5.74, 6) is -2.49. The molecule has 3 amide bonds. The van der Waals surface area contributed by atoms with Crippen molar-refractivity contribution in [2.75, 3.05) is 6.73 Å². The van der Waals surface area contributed by atoms with Crippen LogP contribution in [0.5, 0.6) is 0 Å². The van der Waals surface area contributed by atoms with Crippen molar-refractivity contribution >= 4 is 45.7 Å². The van der Waals surface area contributed by atoms with Gasteiger partial charge in [0.15, 0.2) is 6.73 Å². The summed E-state index contributed by atoms with van der Waals surface area (Å²) < 4.78 is 6.05. The highest BCUT2D eigenvalue weighted by atomic mass is 79.9. The van der Waals surface area contributed by atoms with Gasteiger partial charge in [0.05, 0.1) is 11.1 Å². The van der Waals surface area contributed by atoms with Gasteiger partial charge in [0, 0.05) is 10.0 Å². The molecule has 0 aromatic heterocycles. The van der Waals surface area contributed by atoms with E-state index in [1.54, 1.807) is 60.7 Å². The van der Waals surface area contributed by atoms with Crippen LogP contribution in [0.2, 0.25) is 0 Å². The molecule has 7 nitrogen and oxygen atoms in total. The normalized spacial score (nSPS) is 13.0. The first-order chi connectivity index (χ1) is 15.9. The van der Waals surface area contributed by atoms with Crippen molar-refractivity contribution in [1.29, 1.82) is 0 Å². The Morgan fingerprint density at radius 1 is 0.848 bits per heavy atom. The number of benzene rings is 3. The highest BCUT2D eigenvalue weighted by Crippen LogP contribution is 2.22. The zero-order valence-electron chi connectivity index (χ0n) is 17.2. The fraction of sp³-hybridized carbons (Fsp3) is 0.0400. The van der Waals surface area contributed by atoms with E-state index < -0.39 is 30.4 Å². The first-order valence-corrected chi connectivity index (χ1v) is 10.7. The number of carbonyl (C=O) groups excluding carboxylic acids is 4. The Bertz CT molecular complexity index is 1230. The van der Waals surface area contributed by atoms with Gasteiger partial charge in [0.1, 0.15) is 5.70 Å². The zero-order valence-corrected chi connectivity index (χ0v) is 18.7. The number of fused-ring (bicyclic) bond motifs is 1. The van der Waals surface area contributed by atoms with E-state index in [-0.39, 0.29) is 16.8 Å². The van der Waals surface area contributed by atoms with Crippen molar-refractivity contribution in [3.63, 3.8) is 0 Å². The molecule has 3 aromatic rings. The van der Waals surface area contributed by atoms with E-state index in [1.165, 1.54) is 18.2 Å². The van der Waals surface area contributed by atoms with Crippen molar-refractivity contribution in [3.05, 3.63) is 111 Å². The van der Waals surface area contributed by atoms with Gasteiger partial charge in [-0.15, -0.1) is 0 Å². The predicted octanol–water partition coefficient (Wildman–Crippen LogP) is 4.02. The summed E-state index contributed by atoms with van der Waals surface area (Å²) in [6.45, 7) is -0.578. The first-order valence-electron chi connectivity index (χ1n) is 9.90. The van der Waals surface area contributed by atoms with Crippen LogP contribution in [0.1, 0.15) is 36.6 Å². The van der Waals surface area contributed by atoms with Crippen molar-refractivity contribution in [2.24, 2.45) is 0 Å². The number of hydrogen-bond donors (Lipinski definition) is 1. The Labute approximate surface area is 197 Å². The van der Waals surface area contributed by atoms with Crippen LogP contribution in [0, 0.1) is 0 Å². The second-order valence-corrected chi connectivity index (χ2v) is 7.99. The third-order valence-electron chi connectivity index (χ3n) is 4.89. The number of imide groups is 1. The van der Waals surface area contributed by atoms with E-state index in [0.29, 0.717) is 11.1 Å². The minimum atomic E-state index is -0.888. The highest BCUT2D eigenvalue weighted by Gasteiger charge is 2.36. The van der Waals surface area contributed by atoms with Crippen LogP contribution >= 0.6 is 15.9 Å². The van der Waals surface area contributed by atoms with Crippen LogP contribution in [0.25, 0.3) is 6.08 Å². The maximum Gasteiger partial charge on any atom is 0.356 e. The van der Waals surface area contributed by atoms with E-state index in [0.717, 1.165) is 9.37 Å². The summed E-state index contributed by atoms with van der Waals surface area (Å²) in [6.07, 6.45) is 1.46. The molecule has 1 heterocycles. The third-order valence-corrected chi connectivity index (χ3v) is 5.42. The molecule has 8 heteroatoms. The summed E-state index contributed by atoms with van der Waals surface area (Å²) in [7, 11) is 0. The van der Waals surface area contributed by atoms with Crippen molar-refractivity contribution in [3.8, 4) is 0 Å². The van der Waals surface area contributed by atoms with Gasteiger partial charge in [-0.25, -0.2) is 9.69 Å². The lowest BCUT2D eigenvalue weighted by atomic mass is 10.1. The molecule has 0 unspecified atom stereocenters.